The molecule has 0 N–H and O–H groups in total. The van der Waals surface area contributed by atoms with E-state index in [4.69, 9.17) is 0 Å². The van der Waals surface area contributed by atoms with Crippen LogP contribution in [0.3, 0.4) is 0 Å². The fourth-order valence-corrected chi connectivity index (χ4v) is 3.60. The molecule has 3 rings (SSSR count). The summed E-state index contributed by atoms with van der Waals surface area (Å²) in [4.78, 5) is 0. The van der Waals surface area contributed by atoms with Gasteiger partial charge in [-0.15, -0.1) is 0 Å². The molecule has 0 aliphatic rings. The van der Waals surface area contributed by atoms with E-state index >= 15 is 0 Å². The van der Waals surface area contributed by atoms with Crippen LogP contribution in [0.5, 0.6) is 0 Å². The van der Waals surface area contributed by atoms with Crippen molar-refractivity contribution in [3.63, 3.8) is 0 Å². The molecule has 0 bridgehead atoms. The first-order valence-electron chi connectivity index (χ1n) is 5.45. The van der Waals surface area contributed by atoms with Gasteiger partial charge >= 0.3 is 0 Å². The highest BCUT2D eigenvalue weighted by atomic mass is 79.9. The zero-order valence-electron chi connectivity index (χ0n) is 9.30. The second-order valence-corrected chi connectivity index (χ2v) is 5.76. The lowest BCUT2D eigenvalue weighted by molar-refractivity contribution is 1.52. The highest BCUT2D eigenvalue weighted by Gasteiger charge is 2.11. The summed E-state index contributed by atoms with van der Waals surface area (Å²) in [5, 5.41) is 5.13. The Kier molecular flexibility index (Phi) is 2.72. The Bertz CT molecular complexity index is 730. The van der Waals surface area contributed by atoms with Crippen molar-refractivity contribution in [2.24, 2.45) is 0 Å². The maximum Gasteiger partial charge on any atom is 0.0405 e. The number of hydrogen-bond acceptors (Lipinski definition) is 0. The molecular weight excluding hydrogens is 340 g/mol. The zero-order chi connectivity index (χ0) is 12.0. The molecule has 0 heterocycles. The van der Waals surface area contributed by atoms with Gasteiger partial charge in [0.15, 0.2) is 0 Å². The maximum atomic E-state index is 3.71. The molecule has 0 aliphatic heterocycles. The first-order valence-corrected chi connectivity index (χ1v) is 7.04. The number of benzene rings is 3. The number of hydrogen-bond donors (Lipinski definition) is 0. The summed E-state index contributed by atoms with van der Waals surface area (Å²) in [6.45, 7) is 2.15. The molecular formula is C15H10Br2. The van der Waals surface area contributed by atoms with E-state index in [1.165, 1.54) is 27.1 Å². The zero-order valence-corrected chi connectivity index (χ0v) is 12.5. The van der Waals surface area contributed by atoms with Crippen LogP contribution in [-0.2, 0) is 0 Å². The molecule has 0 unspecified atom stereocenters. The van der Waals surface area contributed by atoms with Crippen molar-refractivity contribution in [2.75, 3.05) is 0 Å². The molecule has 0 saturated carbocycles. The summed E-state index contributed by atoms with van der Waals surface area (Å²) in [6, 6.07) is 14.9. The van der Waals surface area contributed by atoms with Crippen LogP contribution < -0.4 is 0 Å². The van der Waals surface area contributed by atoms with E-state index in [-0.39, 0.29) is 0 Å². The van der Waals surface area contributed by atoms with E-state index < -0.39 is 0 Å². The van der Waals surface area contributed by atoms with Gasteiger partial charge in [0, 0.05) is 14.3 Å². The largest absolute Gasteiger partial charge is 0.0616 e. The third-order valence-corrected chi connectivity index (χ3v) is 5.29. The molecule has 0 radical (unpaired) electrons. The Morgan fingerprint density at radius 1 is 0.706 bits per heavy atom. The molecule has 0 saturated heterocycles. The monoisotopic (exact) mass is 348 g/mol. The quantitative estimate of drug-likeness (QED) is 0.448. The Morgan fingerprint density at radius 2 is 1.35 bits per heavy atom. The van der Waals surface area contributed by atoms with Crippen LogP contribution in [0.25, 0.3) is 21.5 Å². The van der Waals surface area contributed by atoms with Crippen LogP contribution in [0, 0.1) is 6.92 Å². The van der Waals surface area contributed by atoms with E-state index in [9.17, 15) is 0 Å². The van der Waals surface area contributed by atoms with Crippen molar-refractivity contribution in [2.45, 2.75) is 6.92 Å². The fourth-order valence-electron chi connectivity index (χ4n) is 2.32. The second-order valence-electron chi connectivity index (χ2n) is 4.17. The molecule has 0 atom stereocenters. The van der Waals surface area contributed by atoms with Gasteiger partial charge in [0.05, 0.1) is 0 Å². The highest BCUT2D eigenvalue weighted by Crippen LogP contribution is 2.40. The summed E-state index contributed by atoms with van der Waals surface area (Å²) < 4.78 is 2.28. The van der Waals surface area contributed by atoms with Crippen molar-refractivity contribution in [3.8, 4) is 0 Å². The van der Waals surface area contributed by atoms with Crippen LogP contribution in [0.2, 0.25) is 0 Å². The summed E-state index contributed by atoms with van der Waals surface area (Å²) >= 11 is 7.40. The van der Waals surface area contributed by atoms with Crippen molar-refractivity contribution < 1.29 is 0 Å². The second kappa shape index (κ2) is 4.11. The average molecular weight is 350 g/mol. The van der Waals surface area contributed by atoms with Gasteiger partial charge in [-0.1, -0.05) is 42.5 Å². The van der Waals surface area contributed by atoms with Crippen LogP contribution >= 0.6 is 31.9 Å². The molecule has 0 spiro atoms. The summed E-state index contributed by atoms with van der Waals surface area (Å²) in [5.41, 5.74) is 1.29. The smallest absolute Gasteiger partial charge is 0.0405 e. The van der Waals surface area contributed by atoms with Gasteiger partial charge in [-0.05, 0) is 60.5 Å². The molecule has 84 valence electrons. The normalized spacial score (nSPS) is 11.2. The number of rotatable bonds is 0. The fraction of sp³-hybridized carbons (Fsp3) is 0.0667. The SMILES string of the molecule is Cc1cccc2c1c(Br)c(Br)c1ccccc12. The van der Waals surface area contributed by atoms with Crippen molar-refractivity contribution >= 4 is 53.4 Å². The van der Waals surface area contributed by atoms with Gasteiger partial charge in [0.25, 0.3) is 0 Å². The summed E-state index contributed by atoms with van der Waals surface area (Å²) in [5.74, 6) is 0. The Hall–Kier alpha value is -0.860. The van der Waals surface area contributed by atoms with Gasteiger partial charge in [-0.3, -0.25) is 0 Å². The van der Waals surface area contributed by atoms with E-state index in [1.54, 1.807) is 0 Å². The van der Waals surface area contributed by atoms with E-state index in [0.29, 0.717) is 0 Å². The minimum atomic E-state index is 1.13. The topological polar surface area (TPSA) is 0 Å². The number of fused-ring (bicyclic) bond motifs is 3. The van der Waals surface area contributed by atoms with Gasteiger partial charge in [0.2, 0.25) is 0 Å². The first kappa shape index (κ1) is 11.2. The Morgan fingerprint density at radius 3 is 2.12 bits per heavy atom. The molecule has 3 aromatic rings. The van der Waals surface area contributed by atoms with Gasteiger partial charge in [0.1, 0.15) is 0 Å². The van der Waals surface area contributed by atoms with Gasteiger partial charge < -0.3 is 0 Å². The minimum absolute atomic E-state index is 1.13. The predicted molar refractivity (Wildman–Crippen MR) is 81.6 cm³/mol. The van der Waals surface area contributed by atoms with Crippen molar-refractivity contribution in [3.05, 3.63) is 57.0 Å². The average Bonchev–Trinajstić information content (AvgIpc) is 2.36. The molecule has 0 amide bonds. The number of halogens is 2. The van der Waals surface area contributed by atoms with Crippen LogP contribution in [0.15, 0.2) is 51.4 Å². The van der Waals surface area contributed by atoms with Gasteiger partial charge in [-0.25, -0.2) is 0 Å². The lowest BCUT2D eigenvalue weighted by Gasteiger charge is -2.11. The van der Waals surface area contributed by atoms with Crippen molar-refractivity contribution in [1.82, 2.24) is 0 Å². The van der Waals surface area contributed by atoms with E-state index in [0.717, 1.165) is 8.95 Å². The Labute approximate surface area is 117 Å². The molecule has 0 aliphatic carbocycles. The van der Waals surface area contributed by atoms with Crippen LogP contribution in [0.4, 0.5) is 0 Å². The Balaban J connectivity index is 2.70. The molecule has 0 aromatic heterocycles. The summed E-state index contributed by atoms with van der Waals surface area (Å²) in [6.07, 6.45) is 0. The van der Waals surface area contributed by atoms with Crippen LogP contribution in [-0.4, -0.2) is 0 Å². The molecule has 0 fully saturated rings. The lowest BCUT2D eigenvalue weighted by Crippen LogP contribution is -1.85. The minimum Gasteiger partial charge on any atom is -0.0616 e. The molecule has 2 heteroatoms. The molecule has 17 heavy (non-hydrogen) atoms. The third kappa shape index (κ3) is 1.62. The highest BCUT2D eigenvalue weighted by molar-refractivity contribution is 9.13. The molecule has 0 nitrogen and oxygen atoms in total. The van der Waals surface area contributed by atoms with E-state index in [1.807, 2.05) is 0 Å². The van der Waals surface area contributed by atoms with E-state index in [2.05, 4.69) is 81.2 Å². The standard InChI is InChI=1S/C15H10Br2/c1-9-5-4-8-11-10-6-2-3-7-12(10)14(16)15(17)13(9)11/h2-8H,1H3. The molecule has 3 aromatic carbocycles. The maximum absolute atomic E-state index is 3.71. The van der Waals surface area contributed by atoms with Gasteiger partial charge in [-0.2, -0.15) is 0 Å². The number of aryl methyl sites for hydroxylation is 1. The third-order valence-electron chi connectivity index (χ3n) is 3.14. The first-order chi connectivity index (χ1) is 8.20. The predicted octanol–water partition coefficient (Wildman–Crippen LogP) is 5.83. The lowest BCUT2D eigenvalue weighted by atomic mass is 9.99. The summed E-state index contributed by atoms with van der Waals surface area (Å²) in [7, 11) is 0. The van der Waals surface area contributed by atoms with Crippen molar-refractivity contribution in [1.29, 1.82) is 0 Å². The van der Waals surface area contributed by atoms with Crippen LogP contribution in [0.1, 0.15) is 5.56 Å².